The third-order valence-electron chi connectivity index (χ3n) is 19.5. The molecule has 0 spiro atoms. The summed E-state index contributed by atoms with van der Waals surface area (Å²) in [6.07, 6.45) is -10.7. The van der Waals surface area contributed by atoms with Gasteiger partial charge in [-0.2, -0.15) is 0 Å². The van der Waals surface area contributed by atoms with E-state index in [1.165, 1.54) is 26.5 Å². The molecule has 8 aliphatic rings. The number of rotatable bonds is 8. The van der Waals surface area contributed by atoms with Crippen molar-refractivity contribution in [2.45, 2.75) is 225 Å². The van der Waals surface area contributed by atoms with Crippen LogP contribution in [0, 0.1) is 50.2 Å². The summed E-state index contributed by atoms with van der Waals surface area (Å²) < 4.78 is 42.8. The molecule has 0 aromatic carbocycles. The molecule has 0 bridgehead atoms. The zero-order valence-corrected chi connectivity index (χ0v) is 40.2. The van der Waals surface area contributed by atoms with Gasteiger partial charge in [0.1, 0.15) is 61.0 Å². The number of carbonyl (C=O) groups is 1. The highest BCUT2D eigenvalue weighted by Crippen LogP contribution is 2.76. The van der Waals surface area contributed by atoms with Gasteiger partial charge in [-0.15, -0.1) is 0 Å². The molecule has 4 saturated carbocycles. The summed E-state index contributed by atoms with van der Waals surface area (Å²) in [7, 11) is 1.54. The largest absolute Gasteiger partial charge is 0.469 e. The molecule has 7 fully saturated rings. The van der Waals surface area contributed by atoms with Crippen LogP contribution in [-0.2, 0) is 38.0 Å². The first-order valence-corrected chi connectivity index (χ1v) is 24.4. The van der Waals surface area contributed by atoms with Crippen molar-refractivity contribution in [3.63, 3.8) is 0 Å². The fourth-order valence-corrected chi connectivity index (χ4v) is 15.2. The van der Waals surface area contributed by atoms with Gasteiger partial charge in [0.25, 0.3) is 0 Å². The Kier molecular flexibility index (Phi) is 13.5. The molecule has 0 aromatic heterocycles. The van der Waals surface area contributed by atoms with Gasteiger partial charge in [-0.1, -0.05) is 60.1 Å². The molecule has 16 nitrogen and oxygen atoms in total. The van der Waals surface area contributed by atoms with Crippen LogP contribution in [0.25, 0.3) is 0 Å². The summed E-state index contributed by atoms with van der Waals surface area (Å²) in [5.41, 5.74) is 0.481. The van der Waals surface area contributed by atoms with E-state index in [4.69, 9.17) is 33.2 Å². The molecule has 8 rings (SSSR count). The summed E-state index contributed by atoms with van der Waals surface area (Å²) in [6, 6.07) is 0. The first kappa shape index (κ1) is 50.1. The van der Waals surface area contributed by atoms with Crippen molar-refractivity contribution in [1.82, 2.24) is 0 Å². The molecule has 0 unspecified atom stereocenters. The third kappa shape index (κ3) is 7.82. The van der Waals surface area contributed by atoms with Gasteiger partial charge >= 0.3 is 5.97 Å². The van der Waals surface area contributed by atoms with Crippen LogP contribution in [0.4, 0.5) is 0 Å². The van der Waals surface area contributed by atoms with Crippen molar-refractivity contribution in [2.75, 3.05) is 13.7 Å². The van der Waals surface area contributed by atoms with E-state index in [1.807, 2.05) is 0 Å². The van der Waals surface area contributed by atoms with Crippen LogP contribution in [0.15, 0.2) is 11.6 Å². The lowest BCUT2D eigenvalue weighted by atomic mass is 9.33. The minimum atomic E-state index is -1.73. The van der Waals surface area contributed by atoms with Gasteiger partial charge < -0.3 is 74.0 Å². The lowest BCUT2D eigenvalue weighted by Crippen LogP contribution is -2.68. The molecule has 3 heterocycles. The normalized spacial score (nSPS) is 53.9. The first-order chi connectivity index (χ1) is 30.3. The Morgan fingerprint density at radius 1 is 0.662 bits per heavy atom. The maximum absolute atomic E-state index is 13.7. The molecular formula is C49H80O16. The Morgan fingerprint density at radius 3 is 1.83 bits per heavy atom. The van der Waals surface area contributed by atoms with E-state index in [0.29, 0.717) is 12.3 Å². The molecule has 0 aromatic rings. The summed E-state index contributed by atoms with van der Waals surface area (Å²) >= 11 is 0. The Labute approximate surface area is 384 Å². The molecular weight excluding hydrogens is 845 g/mol. The van der Waals surface area contributed by atoms with Gasteiger partial charge in [-0.25, -0.2) is 0 Å². The summed E-state index contributed by atoms with van der Waals surface area (Å²) in [5.74, 6) is 0.665. The molecule has 3 saturated heterocycles. The number of methoxy groups -OCH3 is 1. The zero-order valence-electron chi connectivity index (χ0n) is 40.2. The van der Waals surface area contributed by atoms with Gasteiger partial charge in [0.15, 0.2) is 18.9 Å². The van der Waals surface area contributed by atoms with E-state index in [-0.39, 0.29) is 39.5 Å². The van der Waals surface area contributed by atoms with Crippen molar-refractivity contribution < 1.29 is 78.8 Å². The number of hydrogen-bond donors (Lipinski definition) is 8. The average Bonchev–Trinajstić information content (AvgIpc) is 3.25. The van der Waals surface area contributed by atoms with Crippen molar-refractivity contribution in [2.24, 2.45) is 50.2 Å². The highest BCUT2D eigenvalue weighted by atomic mass is 16.8. The maximum atomic E-state index is 13.7. The standard InChI is InChI=1S/C49H80O16/c1-23-31(51)33(53)35(55)40(60-23)64-38-27(22-50)62-42(39(37(38)57)65-41-36(56)34(54)32(52)24(2)61-41)63-30-14-15-46(7)28(45(30,5)6)13-16-48(9)29(46)12-11-25-26-21-44(3,4)17-19-49(26,43(58)59-10)20-18-47(25,48)8/h11,23-24,26-42,50-57H,12-22H2,1-10H3/t23-,24-,26-,27+,28-,29+,30-,31-,32-,33+,34+,35+,36+,37-,38+,39+,40-,41-,42-,46-,47+,48+,49-/m0/s1. The Morgan fingerprint density at radius 2 is 1.25 bits per heavy atom. The molecule has 5 aliphatic carbocycles. The molecule has 0 amide bonds. The van der Waals surface area contributed by atoms with E-state index in [2.05, 4.69) is 54.5 Å². The highest BCUT2D eigenvalue weighted by Gasteiger charge is 2.70. The topological polar surface area (TPSA) is 244 Å². The van der Waals surface area contributed by atoms with E-state index in [1.54, 1.807) is 0 Å². The number of esters is 1. The van der Waals surface area contributed by atoms with E-state index < -0.39 is 116 Å². The quantitative estimate of drug-likeness (QED) is 0.0992. The minimum absolute atomic E-state index is 0.0213. The average molecular weight is 925 g/mol. The van der Waals surface area contributed by atoms with Crippen LogP contribution >= 0.6 is 0 Å². The lowest BCUT2D eigenvalue weighted by Gasteiger charge is -2.71. The minimum Gasteiger partial charge on any atom is -0.469 e. The third-order valence-corrected chi connectivity index (χ3v) is 19.5. The number of aliphatic hydroxyl groups excluding tert-OH is 8. The SMILES string of the molecule is COC(=O)[C@]12CCC(C)(C)C[C@H]1C1=CC[C@@H]3[C@@]4(C)CC[C@H](O[C@@H]5O[C@H](CO)[C@@H](O[C@@H]6O[C@@H](C)[C@H](O)[C@@H](O)[C@H]6O)[C@H](O)[C@H]5O[C@@H]5O[C@@H](C)[C@H](O)[C@@H](O)[C@H]5O)C(C)(C)[C@@H]4CC[C@@]3(C)[C@]1(C)CC2. The van der Waals surface area contributed by atoms with Gasteiger partial charge in [0.2, 0.25) is 0 Å². The summed E-state index contributed by atoms with van der Waals surface area (Å²) in [4.78, 5) is 13.7. The second-order valence-electron chi connectivity index (χ2n) is 23.6. The van der Waals surface area contributed by atoms with Gasteiger partial charge in [-0.3, -0.25) is 4.79 Å². The van der Waals surface area contributed by atoms with E-state index >= 15 is 0 Å². The van der Waals surface area contributed by atoms with Crippen LogP contribution in [0.3, 0.4) is 0 Å². The monoisotopic (exact) mass is 925 g/mol. The molecule has 8 N–H and O–H groups in total. The molecule has 372 valence electrons. The van der Waals surface area contributed by atoms with Crippen molar-refractivity contribution in [3.05, 3.63) is 11.6 Å². The Hall–Kier alpha value is -1.35. The molecule has 3 aliphatic heterocycles. The van der Waals surface area contributed by atoms with Crippen LogP contribution < -0.4 is 0 Å². The van der Waals surface area contributed by atoms with Crippen molar-refractivity contribution in [3.8, 4) is 0 Å². The highest BCUT2D eigenvalue weighted by molar-refractivity contribution is 5.78. The molecule has 23 atom stereocenters. The van der Waals surface area contributed by atoms with Crippen LogP contribution in [0.5, 0.6) is 0 Å². The molecule has 65 heavy (non-hydrogen) atoms. The van der Waals surface area contributed by atoms with Crippen molar-refractivity contribution >= 4 is 5.97 Å². The zero-order chi connectivity index (χ0) is 47.6. The number of carbonyl (C=O) groups excluding carboxylic acids is 1. The van der Waals surface area contributed by atoms with Crippen LogP contribution in [-0.4, -0.2) is 159 Å². The predicted molar refractivity (Wildman–Crippen MR) is 232 cm³/mol. The number of aliphatic hydroxyl groups is 8. The van der Waals surface area contributed by atoms with E-state index in [9.17, 15) is 45.6 Å². The maximum Gasteiger partial charge on any atom is 0.312 e. The number of hydrogen-bond acceptors (Lipinski definition) is 16. The summed E-state index contributed by atoms with van der Waals surface area (Å²) in [5, 5.41) is 86.7. The fraction of sp³-hybridized carbons (Fsp3) is 0.939. The molecule has 16 heteroatoms. The van der Waals surface area contributed by atoms with E-state index in [0.717, 1.165) is 57.8 Å². The second-order valence-corrected chi connectivity index (χ2v) is 23.6. The predicted octanol–water partition coefficient (Wildman–Crippen LogP) is 2.85. The number of fused-ring (bicyclic) bond motifs is 7. The smallest absolute Gasteiger partial charge is 0.312 e. The van der Waals surface area contributed by atoms with Crippen LogP contribution in [0.1, 0.15) is 127 Å². The Balaban J connectivity index is 1.07. The van der Waals surface area contributed by atoms with Crippen molar-refractivity contribution in [1.29, 1.82) is 0 Å². The lowest BCUT2D eigenvalue weighted by molar-refractivity contribution is -0.393. The molecule has 0 radical (unpaired) electrons. The Bertz CT molecular complexity index is 1780. The fourth-order valence-electron chi connectivity index (χ4n) is 15.2. The van der Waals surface area contributed by atoms with Crippen LogP contribution in [0.2, 0.25) is 0 Å². The number of ether oxygens (including phenoxy) is 7. The second kappa shape index (κ2) is 17.5. The number of allylic oxidation sites excluding steroid dienone is 2. The van der Waals surface area contributed by atoms with Gasteiger partial charge in [-0.05, 0) is 123 Å². The van der Waals surface area contributed by atoms with Gasteiger partial charge in [0.05, 0.1) is 37.4 Å². The summed E-state index contributed by atoms with van der Waals surface area (Å²) in [6.45, 7) is 18.9. The first-order valence-electron chi connectivity index (χ1n) is 24.4. The van der Waals surface area contributed by atoms with Gasteiger partial charge in [0, 0.05) is 0 Å².